The molecule has 1 aromatic carbocycles. The molecule has 3 rings (SSSR count). The Labute approximate surface area is 121 Å². The number of benzene rings is 1. The summed E-state index contributed by atoms with van der Waals surface area (Å²) in [5.41, 5.74) is 3.65. The molecule has 0 amide bonds. The van der Waals surface area contributed by atoms with E-state index in [9.17, 15) is 5.26 Å². The van der Waals surface area contributed by atoms with Crippen LogP contribution in [0.2, 0.25) is 0 Å². The number of aromatic amines is 1. The number of nitrogens with zero attached hydrogens (tertiary/aromatic N) is 2. The molecule has 3 aromatic rings. The van der Waals surface area contributed by atoms with E-state index >= 15 is 0 Å². The van der Waals surface area contributed by atoms with Gasteiger partial charge >= 0.3 is 0 Å². The zero-order valence-corrected chi connectivity index (χ0v) is 12.1. The first-order valence-electron chi connectivity index (χ1n) is 6.31. The first kappa shape index (κ1) is 12.8. The molecule has 0 bridgehead atoms. The van der Waals surface area contributed by atoms with Gasteiger partial charge in [0.1, 0.15) is 11.1 Å². The minimum atomic E-state index is 0.652. The lowest BCUT2D eigenvalue weighted by molar-refractivity contribution is 1.02. The van der Waals surface area contributed by atoms with Crippen molar-refractivity contribution < 1.29 is 0 Å². The molecule has 0 saturated carbocycles. The third-order valence-corrected chi connectivity index (χ3v) is 4.06. The predicted molar refractivity (Wildman–Crippen MR) is 80.8 cm³/mol. The van der Waals surface area contributed by atoms with Crippen LogP contribution in [-0.2, 0) is 0 Å². The summed E-state index contributed by atoms with van der Waals surface area (Å²) in [4.78, 5) is 7.84. The van der Waals surface area contributed by atoms with Gasteiger partial charge in [-0.2, -0.15) is 5.26 Å². The molecule has 0 aliphatic heterocycles. The highest BCUT2D eigenvalue weighted by Gasteiger charge is 2.11. The van der Waals surface area contributed by atoms with Crippen LogP contribution in [0.4, 0.5) is 0 Å². The van der Waals surface area contributed by atoms with E-state index in [1.54, 1.807) is 0 Å². The molecule has 2 heterocycles. The number of pyridine rings is 1. The van der Waals surface area contributed by atoms with E-state index in [-0.39, 0.29) is 0 Å². The van der Waals surface area contributed by atoms with Gasteiger partial charge < -0.3 is 4.98 Å². The number of nitriles is 1. The van der Waals surface area contributed by atoms with E-state index in [1.165, 1.54) is 11.8 Å². The zero-order valence-electron chi connectivity index (χ0n) is 11.3. The van der Waals surface area contributed by atoms with Crippen molar-refractivity contribution >= 4 is 22.7 Å². The van der Waals surface area contributed by atoms with E-state index < -0.39 is 0 Å². The Morgan fingerprint density at radius 2 is 2.00 bits per heavy atom. The van der Waals surface area contributed by atoms with Crippen LogP contribution < -0.4 is 0 Å². The number of para-hydroxylation sites is 1. The summed E-state index contributed by atoms with van der Waals surface area (Å²) in [7, 11) is 0. The highest BCUT2D eigenvalue weighted by atomic mass is 32.2. The molecule has 0 radical (unpaired) electrons. The Hall–Kier alpha value is -2.25. The molecule has 98 valence electrons. The van der Waals surface area contributed by atoms with Crippen molar-refractivity contribution in [2.24, 2.45) is 0 Å². The number of rotatable bonds is 2. The molecule has 0 fully saturated rings. The van der Waals surface area contributed by atoms with E-state index in [4.69, 9.17) is 0 Å². The monoisotopic (exact) mass is 279 g/mol. The normalized spacial score (nSPS) is 10.7. The van der Waals surface area contributed by atoms with Gasteiger partial charge in [-0.1, -0.05) is 30.0 Å². The Bertz CT molecular complexity index is 794. The van der Waals surface area contributed by atoms with Gasteiger partial charge in [0.25, 0.3) is 0 Å². The quantitative estimate of drug-likeness (QED) is 0.764. The maximum atomic E-state index is 9.29. The summed E-state index contributed by atoms with van der Waals surface area (Å²) in [6, 6.07) is 14.4. The highest BCUT2D eigenvalue weighted by molar-refractivity contribution is 7.99. The number of fused-ring (bicyclic) bond motifs is 1. The number of H-pyrrole nitrogens is 1. The first-order chi connectivity index (χ1) is 9.67. The lowest BCUT2D eigenvalue weighted by Gasteiger charge is -2.05. The van der Waals surface area contributed by atoms with Crippen LogP contribution in [0.1, 0.15) is 16.8 Å². The number of hydrogen-bond donors (Lipinski definition) is 1. The van der Waals surface area contributed by atoms with E-state index in [2.05, 4.69) is 28.2 Å². The number of aryl methyl sites for hydroxylation is 2. The fourth-order valence-electron chi connectivity index (χ4n) is 2.22. The van der Waals surface area contributed by atoms with Gasteiger partial charge in [-0.3, -0.25) is 0 Å². The molecular formula is C16H13N3S. The van der Waals surface area contributed by atoms with Gasteiger partial charge in [0.15, 0.2) is 0 Å². The summed E-state index contributed by atoms with van der Waals surface area (Å²) in [5.74, 6) is 0. The fourth-order valence-corrected chi connectivity index (χ4v) is 3.27. The Morgan fingerprint density at radius 3 is 2.75 bits per heavy atom. The second-order valence-electron chi connectivity index (χ2n) is 4.70. The van der Waals surface area contributed by atoms with Gasteiger partial charge in [-0.05, 0) is 37.6 Å². The number of nitrogens with one attached hydrogen (secondary N) is 1. The minimum Gasteiger partial charge on any atom is -0.349 e. The molecule has 3 nitrogen and oxygen atoms in total. The van der Waals surface area contributed by atoms with E-state index in [0.717, 1.165) is 32.2 Å². The Morgan fingerprint density at radius 1 is 1.20 bits per heavy atom. The molecule has 0 unspecified atom stereocenters. The lowest BCUT2D eigenvalue weighted by atomic mass is 10.1. The van der Waals surface area contributed by atoms with Crippen molar-refractivity contribution in [2.45, 2.75) is 23.9 Å². The van der Waals surface area contributed by atoms with Gasteiger partial charge in [-0.15, -0.1) is 0 Å². The average Bonchev–Trinajstić information content (AvgIpc) is 2.80. The molecule has 20 heavy (non-hydrogen) atoms. The third-order valence-electron chi connectivity index (χ3n) is 3.14. The van der Waals surface area contributed by atoms with Crippen LogP contribution >= 0.6 is 11.8 Å². The van der Waals surface area contributed by atoms with Crippen molar-refractivity contribution in [3.05, 3.63) is 53.2 Å². The third kappa shape index (κ3) is 2.28. The van der Waals surface area contributed by atoms with E-state index in [0.29, 0.717) is 5.56 Å². The van der Waals surface area contributed by atoms with Crippen LogP contribution in [0.15, 0.2) is 46.5 Å². The van der Waals surface area contributed by atoms with Crippen LogP contribution in [0, 0.1) is 25.2 Å². The van der Waals surface area contributed by atoms with Crippen molar-refractivity contribution in [1.29, 1.82) is 5.26 Å². The maximum absolute atomic E-state index is 9.29. The van der Waals surface area contributed by atoms with Crippen LogP contribution in [0.5, 0.6) is 0 Å². The smallest absolute Gasteiger partial charge is 0.120 e. The Balaban J connectivity index is 2.05. The number of aromatic nitrogens is 2. The first-order valence-corrected chi connectivity index (χ1v) is 7.13. The standard InChI is InChI=1S/C16H13N3S/c1-10-7-11(2)18-16(13(10)9-17)20-15-8-12-5-3-4-6-14(12)19-15/h3-8,19H,1-2H3. The molecule has 2 aromatic heterocycles. The SMILES string of the molecule is Cc1cc(C)c(C#N)c(Sc2cc3ccccc3[nH]2)n1. The predicted octanol–water partition coefficient (Wildman–Crippen LogP) is 4.20. The molecule has 4 heteroatoms. The van der Waals surface area contributed by atoms with E-state index in [1.807, 2.05) is 38.1 Å². The average molecular weight is 279 g/mol. The van der Waals surface area contributed by atoms with Crippen LogP contribution in [0.3, 0.4) is 0 Å². The van der Waals surface area contributed by atoms with Crippen molar-refractivity contribution in [2.75, 3.05) is 0 Å². The summed E-state index contributed by atoms with van der Waals surface area (Å²) in [6.45, 7) is 3.89. The van der Waals surface area contributed by atoms with Crippen LogP contribution in [-0.4, -0.2) is 9.97 Å². The molecular weight excluding hydrogens is 266 g/mol. The van der Waals surface area contributed by atoms with Gasteiger partial charge in [-0.25, -0.2) is 4.98 Å². The van der Waals surface area contributed by atoms with Gasteiger partial charge in [0.2, 0.25) is 0 Å². The highest BCUT2D eigenvalue weighted by Crippen LogP contribution is 2.31. The second kappa shape index (κ2) is 5.03. The maximum Gasteiger partial charge on any atom is 0.120 e. The molecule has 0 atom stereocenters. The molecule has 0 spiro atoms. The minimum absolute atomic E-state index is 0.652. The molecule has 0 aliphatic carbocycles. The lowest BCUT2D eigenvalue weighted by Crippen LogP contribution is -1.94. The largest absolute Gasteiger partial charge is 0.349 e. The fraction of sp³-hybridized carbons (Fsp3) is 0.125. The summed E-state index contributed by atoms with van der Waals surface area (Å²) in [6.07, 6.45) is 0. The summed E-state index contributed by atoms with van der Waals surface area (Å²) < 4.78 is 0. The summed E-state index contributed by atoms with van der Waals surface area (Å²) >= 11 is 1.50. The van der Waals surface area contributed by atoms with Crippen molar-refractivity contribution in [3.8, 4) is 6.07 Å². The number of hydrogen-bond acceptors (Lipinski definition) is 3. The second-order valence-corrected chi connectivity index (χ2v) is 5.73. The van der Waals surface area contributed by atoms with Crippen LogP contribution in [0.25, 0.3) is 10.9 Å². The molecule has 1 N–H and O–H groups in total. The van der Waals surface area contributed by atoms with Crippen molar-refractivity contribution in [3.63, 3.8) is 0 Å². The van der Waals surface area contributed by atoms with Gasteiger partial charge in [0, 0.05) is 16.6 Å². The molecule has 0 aliphatic rings. The summed E-state index contributed by atoms with van der Waals surface area (Å²) in [5, 5.41) is 12.2. The molecule has 0 saturated heterocycles. The van der Waals surface area contributed by atoms with Gasteiger partial charge in [0.05, 0.1) is 10.6 Å². The van der Waals surface area contributed by atoms with Crippen molar-refractivity contribution in [1.82, 2.24) is 9.97 Å². The topological polar surface area (TPSA) is 52.5 Å². The Kier molecular flexibility index (Phi) is 3.21. The zero-order chi connectivity index (χ0) is 14.1.